The summed E-state index contributed by atoms with van der Waals surface area (Å²) in [5.41, 5.74) is 1.62. The van der Waals surface area contributed by atoms with Crippen molar-refractivity contribution in [2.75, 3.05) is 0 Å². The molecule has 0 saturated carbocycles. The second-order valence-electron chi connectivity index (χ2n) is 4.97. The number of aromatic amines is 1. The number of aromatic nitrogens is 2. The van der Waals surface area contributed by atoms with Crippen molar-refractivity contribution in [3.63, 3.8) is 0 Å². The van der Waals surface area contributed by atoms with E-state index in [9.17, 15) is 14.3 Å². The van der Waals surface area contributed by atoms with E-state index in [1.54, 1.807) is 18.2 Å². The lowest BCUT2D eigenvalue weighted by atomic mass is 10.1. The average molecular weight is 300 g/mol. The number of nitrogens with zero attached hydrogens (tertiary/aromatic N) is 1. The second kappa shape index (κ2) is 5.48. The minimum Gasteiger partial charge on any atom is -0.505 e. The molecule has 1 heterocycles. The summed E-state index contributed by atoms with van der Waals surface area (Å²) >= 11 is 0. The molecule has 3 rings (SSSR count). The van der Waals surface area contributed by atoms with E-state index in [1.165, 1.54) is 18.2 Å². The van der Waals surface area contributed by atoms with Gasteiger partial charge in [-0.15, -0.1) is 0 Å². The minimum absolute atomic E-state index is 0.177. The van der Waals surface area contributed by atoms with Crippen LogP contribution in [0.2, 0.25) is 0 Å². The number of carbonyl (C=O) groups is 1. The lowest BCUT2D eigenvalue weighted by Crippen LogP contribution is -1.96. The summed E-state index contributed by atoms with van der Waals surface area (Å²) in [7, 11) is 0. The zero-order chi connectivity index (χ0) is 15.7. The van der Waals surface area contributed by atoms with Crippen LogP contribution < -0.4 is 0 Å². The number of H-pyrrole nitrogens is 1. The van der Waals surface area contributed by atoms with E-state index in [0.717, 1.165) is 5.56 Å². The van der Waals surface area contributed by atoms with E-state index in [-0.39, 0.29) is 22.6 Å². The van der Waals surface area contributed by atoms with Crippen LogP contribution in [-0.4, -0.2) is 26.2 Å². The fourth-order valence-corrected chi connectivity index (χ4v) is 2.32. The monoisotopic (exact) mass is 300 g/mol. The molecule has 22 heavy (non-hydrogen) atoms. The summed E-state index contributed by atoms with van der Waals surface area (Å²) < 4.78 is 12.8. The number of hydrogen-bond donors (Lipinski definition) is 3. The van der Waals surface area contributed by atoms with Crippen molar-refractivity contribution < 1.29 is 19.4 Å². The van der Waals surface area contributed by atoms with Crippen LogP contribution in [0.4, 0.5) is 4.39 Å². The maximum Gasteiger partial charge on any atom is 0.339 e. The van der Waals surface area contributed by atoms with Gasteiger partial charge in [0, 0.05) is 6.42 Å². The predicted molar refractivity (Wildman–Crippen MR) is 78.5 cm³/mol. The molecule has 3 aromatic rings. The van der Waals surface area contributed by atoms with Crippen molar-refractivity contribution in [3.8, 4) is 5.75 Å². The summed E-state index contributed by atoms with van der Waals surface area (Å²) in [6.45, 7) is 0. The number of phenols is 1. The maximum absolute atomic E-state index is 12.8. The molecule has 0 aliphatic carbocycles. The fraction of sp³-hybridized carbons (Fsp3) is 0.125. The predicted octanol–water partition coefficient (Wildman–Crippen LogP) is 2.89. The molecule has 0 amide bonds. The molecule has 0 radical (unpaired) electrons. The van der Waals surface area contributed by atoms with Gasteiger partial charge in [0.1, 0.15) is 22.7 Å². The Labute approximate surface area is 125 Å². The Kier molecular flexibility index (Phi) is 3.50. The van der Waals surface area contributed by atoms with Crippen LogP contribution in [0.25, 0.3) is 11.0 Å². The van der Waals surface area contributed by atoms with Crippen molar-refractivity contribution in [1.82, 2.24) is 9.97 Å². The molecule has 0 bridgehead atoms. The first-order valence-electron chi connectivity index (χ1n) is 6.73. The first-order valence-corrected chi connectivity index (χ1v) is 6.73. The van der Waals surface area contributed by atoms with E-state index < -0.39 is 5.97 Å². The van der Waals surface area contributed by atoms with Gasteiger partial charge >= 0.3 is 5.97 Å². The number of hydrogen-bond acceptors (Lipinski definition) is 3. The van der Waals surface area contributed by atoms with E-state index in [4.69, 9.17) is 5.11 Å². The molecule has 0 spiro atoms. The number of aromatic carboxylic acids is 1. The highest BCUT2D eigenvalue weighted by Crippen LogP contribution is 2.27. The third-order valence-electron chi connectivity index (χ3n) is 3.47. The van der Waals surface area contributed by atoms with Gasteiger partial charge in [-0.1, -0.05) is 12.1 Å². The lowest BCUT2D eigenvalue weighted by molar-refractivity contribution is 0.0694. The molecule has 0 saturated heterocycles. The zero-order valence-corrected chi connectivity index (χ0v) is 11.5. The molecular weight excluding hydrogens is 287 g/mol. The normalized spacial score (nSPS) is 11.0. The topological polar surface area (TPSA) is 86.2 Å². The molecule has 5 nitrogen and oxygen atoms in total. The van der Waals surface area contributed by atoms with E-state index in [2.05, 4.69) is 9.97 Å². The van der Waals surface area contributed by atoms with E-state index >= 15 is 0 Å². The summed E-state index contributed by atoms with van der Waals surface area (Å²) in [6.07, 6.45) is 1.23. The van der Waals surface area contributed by atoms with Gasteiger partial charge in [-0.3, -0.25) is 0 Å². The van der Waals surface area contributed by atoms with Crippen molar-refractivity contribution in [3.05, 3.63) is 59.2 Å². The second-order valence-corrected chi connectivity index (χ2v) is 4.97. The van der Waals surface area contributed by atoms with Crippen LogP contribution in [0, 0.1) is 5.82 Å². The number of aryl methyl sites for hydroxylation is 2. The highest BCUT2D eigenvalue weighted by Gasteiger charge is 2.15. The number of aromatic hydroxyl groups is 1. The Balaban J connectivity index is 1.84. The third-order valence-corrected chi connectivity index (χ3v) is 3.47. The average Bonchev–Trinajstić information content (AvgIpc) is 2.91. The number of halogens is 1. The van der Waals surface area contributed by atoms with E-state index in [0.29, 0.717) is 24.2 Å². The van der Waals surface area contributed by atoms with Gasteiger partial charge in [0.2, 0.25) is 0 Å². The molecule has 0 aliphatic rings. The van der Waals surface area contributed by atoms with Crippen LogP contribution in [0.3, 0.4) is 0 Å². The molecule has 6 heteroatoms. The number of rotatable bonds is 4. The SMILES string of the molecule is O=C(O)c1ccc2[nH]c(CCc3ccc(F)cc3)nc2c1O. The smallest absolute Gasteiger partial charge is 0.339 e. The van der Waals surface area contributed by atoms with Gasteiger partial charge in [0.25, 0.3) is 0 Å². The van der Waals surface area contributed by atoms with Gasteiger partial charge < -0.3 is 15.2 Å². The maximum atomic E-state index is 12.8. The molecule has 3 N–H and O–H groups in total. The zero-order valence-electron chi connectivity index (χ0n) is 11.5. The first kappa shape index (κ1) is 14.1. The van der Waals surface area contributed by atoms with Gasteiger partial charge in [-0.25, -0.2) is 14.2 Å². The molecular formula is C16H13FN2O3. The van der Waals surface area contributed by atoms with Crippen LogP contribution in [0.1, 0.15) is 21.7 Å². The van der Waals surface area contributed by atoms with Crippen molar-refractivity contribution in [1.29, 1.82) is 0 Å². The summed E-state index contributed by atoms with van der Waals surface area (Å²) in [5, 5.41) is 18.9. The Hall–Kier alpha value is -2.89. The molecule has 0 unspecified atom stereocenters. The number of nitrogens with one attached hydrogen (secondary N) is 1. The first-order chi connectivity index (χ1) is 10.5. The minimum atomic E-state index is -1.20. The Morgan fingerprint density at radius 2 is 1.86 bits per heavy atom. The fourth-order valence-electron chi connectivity index (χ4n) is 2.32. The number of benzene rings is 2. The summed E-state index contributed by atoms with van der Waals surface area (Å²) in [6, 6.07) is 9.13. The highest BCUT2D eigenvalue weighted by molar-refractivity contribution is 5.97. The number of fused-ring (bicyclic) bond motifs is 1. The van der Waals surface area contributed by atoms with Gasteiger partial charge in [0.15, 0.2) is 5.75 Å². The molecule has 112 valence electrons. The Bertz CT molecular complexity index is 840. The van der Waals surface area contributed by atoms with Crippen LogP contribution in [0.5, 0.6) is 5.75 Å². The van der Waals surface area contributed by atoms with Crippen molar-refractivity contribution in [2.45, 2.75) is 12.8 Å². The summed E-state index contributed by atoms with van der Waals surface area (Å²) in [4.78, 5) is 18.3. The molecule has 2 aromatic carbocycles. The molecule has 0 fully saturated rings. The molecule has 0 aliphatic heterocycles. The largest absolute Gasteiger partial charge is 0.505 e. The van der Waals surface area contributed by atoms with Gasteiger partial charge in [-0.05, 0) is 36.2 Å². The highest BCUT2D eigenvalue weighted by atomic mass is 19.1. The standard InChI is InChI=1S/C16H13FN2O3/c17-10-4-1-9(2-5-10)3-8-13-18-12-7-6-11(16(21)22)15(20)14(12)19-13/h1-2,4-7,20H,3,8H2,(H,18,19)(H,21,22). The van der Waals surface area contributed by atoms with Crippen LogP contribution in [0.15, 0.2) is 36.4 Å². The third kappa shape index (κ3) is 2.63. The quantitative estimate of drug-likeness (QED) is 0.691. The van der Waals surface area contributed by atoms with Gasteiger partial charge in [0.05, 0.1) is 5.52 Å². The molecule has 0 atom stereocenters. The van der Waals surface area contributed by atoms with Crippen molar-refractivity contribution in [2.24, 2.45) is 0 Å². The van der Waals surface area contributed by atoms with Gasteiger partial charge in [-0.2, -0.15) is 0 Å². The number of carboxylic acid groups (broad SMARTS) is 1. The lowest BCUT2D eigenvalue weighted by Gasteiger charge is -1.99. The molecule has 1 aromatic heterocycles. The Morgan fingerprint density at radius 3 is 2.55 bits per heavy atom. The number of carboxylic acids is 1. The number of imidazole rings is 1. The Morgan fingerprint density at radius 1 is 1.14 bits per heavy atom. The van der Waals surface area contributed by atoms with Crippen LogP contribution in [-0.2, 0) is 12.8 Å². The van der Waals surface area contributed by atoms with Crippen molar-refractivity contribution >= 4 is 17.0 Å². The van der Waals surface area contributed by atoms with Crippen LogP contribution >= 0.6 is 0 Å². The van der Waals surface area contributed by atoms with E-state index in [1.807, 2.05) is 0 Å². The summed E-state index contributed by atoms with van der Waals surface area (Å²) in [5.74, 6) is -1.18.